The maximum absolute atomic E-state index is 6.25. The Hall–Kier alpha value is -1.52. The molecule has 1 unspecified atom stereocenters. The topological polar surface area (TPSA) is 74.9 Å². The predicted octanol–water partition coefficient (Wildman–Crippen LogP) is 3.30. The monoisotopic (exact) mass is 519 g/mol. The predicted molar refractivity (Wildman–Crippen MR) is 123 cm³/mol. The first-order valence-electron chi connectivity index (χ1n) is 9.19. The second-order valence-corrected chi connectivity index (χ2v) is 6.78. The molecule has 1 saturated heterocycles. The third-order valence-electron chi connectivity index (χ3n) is 4.37. The van der Waals surface area contributed by atoms with Gasteiger partial charge >= 0.3 is 0 Å². The van der Waals surface area contributed by atoms with Crippen LogP contribution in [0.15, 0.2) is 46.1 Å². The second-order valence-electron chi connectivity index (χ2n) is 6.37. The number of rotatable bonds is 8. The molecule has 0 spiro atoms. The minimum Gasteiger partial charge on any atom is -0.467 e. The van der Waals surface area contributed by atoms with Crippen molar-refractivity contribution in [1.29, 1.82) is 0 Å². The zero-order valence-corrected chi connectivity index (χ0v) is 19.0. The molecule has 0 bridgehead atoms. The van der Waals surface area contributed by atoms with Crippen LogP contribution in [-0.2, 0) is 11.3 Å². The van der Waals surface area contributed by atoms with Crippen LogP contribution in [0.1, 0.15) is 18.6 Å². The van der Waals surface area contributed by atoms with Crippen LogP contribution in [-0.4, -0.2) is 50.3 Å². The Morgan fingerprint density at radius 2 is 2.32 bits per heavy atom. The van der Waals surface area contributed by atoms with Crippen molar-refractivity contribution >= 4 is 47.4 Å². The highest BCUT2D eigenvalue weighted by Crippen LogP contribution is 2.25. The quantitative estimate of drug-likeness (QED) is 0.241. The number of aliphatic imine (C=N–C) groups is 1. The Kier molecular flexibility index (Phi) is 9.86. The Labute approximate surface area is 187 Å². The third kappa shape index (κ3) is 6.82. The van der Waals surface area contributed by atoms with Crippen molar-refractivity contribution in [3.05, 3.63) is 47.5 Å². The molecule has 2 aromatic rings. The first-order chi connectivity index (χ1) is 13.3. The lowest BCUT2D eigenvalue weighted by Crippen LogP contribution is -2.45. The number of hydrogen-bond donors (Lipinski definition) is 2. The minimum absolute atomic E-state index is 0. The van der Waals surface area contributed by atoms with Crippen molar-refractivity contribution in [3.8, 4) is 0 Å². The zero-order chi connectivity index (χ0) is 18.9. The molecule has 7 nitrogen and oxygen atoms in total. The fraction of sp³-hybridized carbons (Fsp3) is 0.474. The molecule has 154 valence electrons. The molecule has 1 fully saturated rings. The zero-order valence-electron chi connectivity index (χ0n) is 15.9. The highest BCUT2D eigenvalue weighted by molar-refractivity contribution is 14.0. The molecule has 0 radical (unpaired) electrons. The summed E-state index contributed by atoms with van der Waals surface area (Å²) in [7, 11) is 1.78. The van der Waals surface area contributed by atoms with Gasteiger partial charge in [-0.3, -0.25) is 4.99 Å². The fourth-order valence-electron chi connectivity index (χ4n) is 3.02. The summed E-state index contributed by atoms with van der Waals surface area (Å²) in [5.41, 5.74) is 0. The number of halogens is 2. The summed E-state index contributed by atoms with van der Waals surface area (Å²) >= 11 is 6.25. The lowest BCUT2D eigenvalue weighted by molar-refractivity contribution is 0.105. The van der Waals surface area contributed by atoms with Gasteiger partial charge in [-0.05, 0) is 37.1 Å². The summed E-state index contributed by atoms with van der Waals surface area (Å²) < 4.78 is 10.8. The number of furan rings is 1. The number of pyridine rings is 1. The van der Waals surface area contributed by atoms with E-state index in [9.17, 15) is 0 Å². The van der Waals surface area contributed by atoms with E-state index in [0.29, 0.717) is 24.3 Å². The van der Waals surface area contributed by atoms with Crippen LogP contribution in [0.5, 0.6) is 0 Å². The number of aromatic nitrogens is 1. The molecule has 2 N–H and O–H groups in total. The molecule has 0 saturated carbocycles. The third-order valence-corrected chi connectivity index (χ3v) is 4.67. The van der Waals surface area contributed by atoms with E-state index < -0.39 is 0 Å². The van der Waals surface area contributed by atoms with Crippen LogP contribution < -0.4 is 15.5 Å². The number of hydrogen-bond acceptors (Lipinski definition) is 5. The largest absolute Gasteiger partial charge is 0.467 e. The van der Waals surface area contributed by atoms with Crippen molar-refractivity contribution in [2.75, 3.05) is 38.2 Å². The molecular formula is C19H27ClIN5O2. The van der Waals surface area contributed by atoms with Gasteiger partial charge < -0.3 is 24.7 Å². The van der Waals surface area contributed by atoms with Crippen molar-refractivity contribution in [2.45, 2.75) is 25.5 Å². The number of nitrogens with zero attached hydrogens (tertiary/aromatic N) is 3. The SMILES string of the molecule is CN=C(NCCCOCc1ccco1)NC1CCN(c2ncccc2Cl)C1.I. The number of anilines is 1. The van der Waals surface area contributed by atoms with E-state index in [1.807, 2.05) is 24.3 Å². The summed E-state index contributed by atoms with van der Waals surface area (Å²) in [4.78, 5) is 10.9. The maximum atomic E-state index is 6.25. The van der Waals surface area contributed by atoms with Crippen LogP contribution >= 0.6 is 35.6 Å². The van der Waals surface area contributed by atoms with Gasteiger partial charge in [0.15, 0.2) is 5.96 Å². The maximum Gasteiger partial charge on any atom is 0.191 e. The van der Waals surface area contributed by atoms with E-state index in [4.69, 9.17) is 20.8 Å². The minimum atomic E-state index is 0. The fourth-order valence-corrected chi connectivity index (χ4v) is 3.26. The van der Waals surface area contributed by atoms with Crippen molar-refractivity contribution in [3.63, 3.8) is 0 Å². The first kappa shape index (κ1) is 22.8. The van der Waals surface area contributed by atoms with Crippen LogP contribution in [0, 0.1) is 0 Å². The van der Waals surface area contributed by atoms with Crippen LogP contribution in [0.3, 0.4) is 0 Å². The number of guanidine groups is 1. The number of ether oxygens (including phenoxy) is 1. The molecule has 0 aromatic carbocycles. The van der Waals surface area contributed by atoms with E-state index in [1.54, 1.807) is 19.5 Å². The van der Waals surface area contributed by atoms with Gasteiger partial charge in [-0.2, -0.15) is 0 Å². The van der Waals surface area contributed by atoms with Gasteiger partial charge in [-0.15, -0.1) is 24.0 Å². The first-order valence-corrected chi connectivity index (χ1v) is 9.57. The van der Waals surface area contributed by atoms with E-state index >= 15 is 0 Å². The molecule has 0 aliphatic carbocycles. The molecule has 2 aromatic heterocycles. The van der Waals surface area contributed by atoms with E-state index in [0.717, 1.165) is 50.0 Å². The normalized spacial score (nSPS) is 16.7. The van der Waals surface area contributed by atoms with Crippen molar-refractivity contribution < 1.29 is 9.15 Å². The summed E-state index contributed by atoms with van der Waals surface area (Å²) in [5, 5.41) is 7.49. The van der Waals surface area contributed by atoms with Gasteiger partial charge in [0.25, 0.3) is 0 Å². The summed E-state index contributed by atoms with van der Waals surface area (Å²) in [6.45, 7) is 3.74. The Morgan fingerprint density at radius 1 is 1.43 bits per heavy atom. The highest BCUT2D eigenvalue weighted by Gasteiger charge is 2.25. The van der Waals surface area contributed by atoms with Crippen molar-refractivity contribution in [2.24, 2.45) is 4.99 Å². The van der Waals surface area contributed by atoms with Gasteiger partial charge in [0.1, 0.15) is 18.2 Å². The van der Waals surface area contributed by atoms with Crippen LogP contribution in [0.4, 0.5) is 5.82 Å². The average Bonchev–Trinajstić information content (AvgIpc) is 3.36. The molecule has 1 aliphatic rings. The summed E-state index contributed by atoms with van der Waals surface area (Å²) in [5.74, 6) is 2.50. The molecule has 1 atom stereocenters. The molecule has 0 amide bonds. The van der Waals surface area contributed by atoms with Gasteiger partial charge in [0.2, 0.25) is 0 Å². The molecule has 28 heavy (non-hydrogen) atoms. The van der Waals surface area contributed by atoms with Crippen LogP contribution in [0.25, 0.3) is 0 Å². The Bertz CT molecular complexity index is 729. The Morgan fingerprint density at radius 3 is 3.07 bits per heavy atom. The van der Waals surface area contributed by atoms with E-state index in [-0.39, 0.29) is 24.0 Å². The van der Waals surface area contributed by atoms with Crippen LogP contribution in [0.2, 0.25) is 5.02 Å². The molecular weight excluding hydrogens is 493 g/mol. The van der Waals surface area contributed by atoms with Crippen molar-refractivity contribution in [1.82, 2.24) is 15.6 Å². The van der Waals surface area contributed by atoms with Gasteiger partial charge in [0.05, 0.1) is 11.3 Å². The molecule has 3 rings (SSSR count). The van der Waals surface area contributed by atoms with E-state index in [2.05, 4.69) is 25.5 Å². The standard InChI is InChI=1S/C19H26ClN5O2.HI/c1-21-19(23-9-4-11-26-14-16-5-3-12-27-16)24-15-7-10-25(13-15)18-17(20)6-2-8-22-18;/h2-3,5-6,8,12,15H,4,7,9-11,13-14H2,1H3,(H2,21,23,24);1H. The van der Waals surface area contributed by atoms with Gasteiger partial charge in [-0.1, -0.05) is 11.6 Å². The van der Waals surface area contributed by atoms with Gasteiger partial charge in [0, 0.05) is 45.5 Å². The summed E-state index contributed by atoms with van der Waals surface area (Å²) in [6.07, 6.45) is 5.33. The molecule has 9 heteroatoms. The lowest BCUT2D eigenvalue weighted by atomic mass is 10.3. The Balaban J connectivity index is 0.00000280. The number of nitrogens with one attached hydrogen (secondary N) is 2. The molecule has 1 aliphatic heterocycles. The molecule has 3 heterocycles. The second kappa shape index (κ2) is 12.1. The highest BCUT2D eigenvalue weighted by atomic mass is 127. The lowest BCUT2D eigenvalue weighted by Gasteiger charge is -2.20. The van der Waals surface area contributed by atoms with Gasteiger partial charge in [-0.25, -0.2) is 4.98 Å². The van der Waals surface area contributed by atoms with E-state index in [1.165, 1.54) is 0 Å². The smallest absolute Gasteiger partial charge is 0.191 e. The summed E-state index contributed by atoms with van der Waals surface area (Å²) in [6, 6.07) is 7.81. The average molecular weight is 520 g/mol.